The van der Waals surface area contributed by atoms with Crippen LogP contribution < -0.4 is 0 Å². The van der Waals surface area contributed by atoms with Crippen LogP contribution in [-0.2, 0) is 0 Å². The Hall–Kier alpha value is -3.52. The van der Waals surface area contributed by atoms with Gasteiger partial charge in [0, 0.05) is 23.2 Å². The standard InChI is InChI=1S/C26H22N2/c1-19-3-7-21(8-4-19)11-13-25-15-23-18-28-26(16-24(23)17-27-25)14-12-22-9-5-20(2)6-10-22/h3-18H,1-2H3. The molecular formula is C26H22N2. The van der Waals surface area contributed by atoms with Crippen molar-refractivity contribution in [2.45, 2.75) is 13.8 Å². The Morgan fingerprint density at radius 3 is 1.32 bits per heavy atom. The maximum absolute atomic E-state index is 4.57. The van der Waals surface area contributed by atoms with E-state index in [1.54, 1.807) is 0 Å². The summed E-state index contributed by atoms with van der Waals surface area (Å²) in [7, 11) is 0. The summed E-state index contributed by atoms with van der Waals surface area (Å²) in [6.07, 6.45) is 12.1. The molecule has 0 amide bonds. The van der Waals surface area contributed by atoms with E-state index in [9.17, 15) is 0 Å². The second-order valence-electron chi connectivity index (χ2n) is 7.05. The molecule has 0 atom stereocenters. The average molecular weight is 362 g/mol. The number of pyridine rings is 2. The molecular weight excluding hydrogens is 340 g/mol. The second-order valence-corrected chi connectivity index (χ2v) is 7.05. The van der Waals surface area contributed by atoms with Gasteiger partial charge in [0.1, 0.15) is 0 Å². The molecule has 4 aromatic rings. The van der Waals surface area contributed by atoms with Crippen LogP contribution in [0.3, 0.4) is 0 Å². The fourth-order valence-electron chi connectivity index (χ4n) is 2.97. The summed E-state index contributed by atoms with van der Waals surface area (Å²) in [5.41, 5.74) is 6.72. The van der Waals surface area contributed by atoms with Crippen molar-refractivity contribution in [3.8, 4) is 0 Å². The summed E-state index contributed by atoms with van der Waals surface area (Å²) >= 11 is 0. The van der Waals surface area contributed by atoms with E-state index in [4.69, 9.17) is 0 Å². The van der Waals surface area contributed by atoms with Gasteiger partial charge < -0.3 is 0 Å². The lowest BCUT2D eigenvalue weighted by molar-refractivity contribution is 1.29. The zero-order valence-electron chi connectivity index (χ0n) is 16.1. The molecule has 0 radical (unpaired) electrons. The van der Waals surface area contributed by atoms with Crippen molar-refractivity contribution in [3.05, 3.63) is 107 Å². The van der Waals surface area contributed by atoms with Gasteiger partial charge in [0.25, 0.3) is 0 Å². The van der Waals surface area contributed by atoms with Crippen molar-refractivity contribution in [3.63, 3.8) is 0 Å². The SMILES string of the molecule is Cc1ccc(C=Cc2cc3cnc(C=Cc4ccc(C)cc4)cc3cn2)cc1. The number of rotatable bonds is 4. The van der Waals surface area contributed by atoms with Crippen molar-refractivity contribution in [1.82, 2.24) is 9.97 Å². The van der Waals surface area contributed by atoms with Gasteiger partial charge in [0.15, 0.2) is 0 Å². The van der Waals surface area contributed by atoms with E-state index in [0.29, 0.717) is 0 Å². The van der Waals surface area contributed by atoms with Gasteiger partial charge in [-0.05, 0) is 49.3 Å². The maximum atomic E-state index is 4.57. The summed E-state index contributed by atoms with van der Waals surface area (Å²) < 4.78 is 0. The van der Waals surface area contributed by atoms with Gasteiger partial charge in [-0.1, -0.05) is 71.8 Å². The Labute approximate surface area is 165 Å². The van der Waals surface area contributed by atoms with Crippen LogP contribution in [0.5, 0.6) is 0 Å². The molecule has 0 spiro atoms. The molecule has 2 aromatic heterocycles. The molecule has 0 aliphatic heterocycles. The zero-order valence-corrected chi connectivity index (χ0v) is 16.1. The normalized spacial score (nSPS) is 11.6. The molecule has 0 aliphatic rings. The van der Waals surface area contributed by atoms with Crippen molar-refractivity contribution < 1.29 is 0 Å². The lowest BCUT2D eigenvalue weighted by Gasteiger charge is -2.01. The van der Waals surface area contributed by atoms with Gasteiger partial charge >= 0.3 is 0 Å². The van der Waals surface area contributed by atoms with Gasteiger partial charge in [-0.2, -0.15) is 0 Å². The second kappa shape index (κ2) is 8.01. The number of hydrogen-bond donors (Lipinski definition) is 0. The molecule has 0 aliphatic carbocycles. The highest BCUT2D eigenvalue weighted by molar-refractivity contribution is 5.85. The lowest BCUT2D eigenvalue weighted by Crippen LogP contribution is -1.86. The van der Waals surface area contributed by atoms with Gasteiger partial charge in [0.05, 0.1) is 11.4 Å². The lowest BCUT2D eigenvalue weighted by atomic mass is 10.1. The van der Waals surface area contributed by atoms with Crippen LogP contribution in [0.4, 0.5) is 0 Å². The average Bonchev–Trinajstić information content (AvgIpc) is 2.73. The van der Waals surface area contributed by atoms with Gasteiger partial charge in [-0.3, -0.25) is 9.97 Å². The van der Waals surface area contributed by atoms with Crippen molar-refractivity contribution in [2.24, 2.45) is 0 Å². The third-order valence-corrected chi connectivity index (χ3v) is 4.69. The molecule has 0 saturated carbocycles. The first kappa shape index (κ1) is 17.9. The third kappa shape index (κ3) is 4.41. The van der Waals surface area contributed by atoms with Crippen LogP contribution in [0, 0.1) is 13.8 Å². The minimum Gasteiger partial charge on any atom is -0.256 e. The highest BCUT2D eigenvalue weighted by Crippen LogP contribution is 2.17. The Morgan fingerprint density at radius 1 is 0.536 bits per heavy atom. The monoisotopic (exact) mass is 362 g/mol. The van der Waals surface area contributed by atoms with Crippen LogP contribution in [0.15, 0.2) is 73.1 Å². The van der Waals surface area contributed by atoms with Crippen LogP contribution >= 0.6 is 0 Å². The summed E-state index contributed by atoms with van der Waals surface area (Å²) in [4.78, 5) is 9.14. The Bertz CT molecular complexity index is 1060. The van der Waals surface area contributed by atoms with Gasteiger partial charge in [-0.15, -0.1) is 0 Å². The molecule has 2 aromatic carbocycles. The highest BCUT2D eigenvalue weighted by Gasteiger charge is 1.99. The molecule has 0 unspecified atom stereocenters. The molecule has 28 heavy (non-hydrogen) atoms. The number of benzene rings is 2. The summed E-state index contributed by atoms with van der Waals surface area (Å²) in [6, 6.07) is 21.0. The molecule has 2 heteroatoms. The van der Waals surface area contributed by atoms with E-state index < -0.39 is 0 Å². The van der Waals surface area contributed by atoms with E-state index in [-0.39, 0.29) is 0 Å². The quantitative estimate of drug-likeness (QED) is 0.409. The Balaban J connectivity index is 1.53. The van der Waals surface area contributed by atoms with E-state index in [0.717, 1.165) is 22.2 Å². The zero-order chi connectivity index (χ0) is 19.3. The van der Waals surface area contributed by atoms with Crippen molar-refractivity contribution in [2.75, 3.05) is 0 Å². The Morgan fingerprint density at radius 2 is 0.929 bits per heavy atom. The maximum Gasteiger partial charge on any atom is 0.0636 e. The first-order valence-electron chi connectivity index (χ1n) is 9.41. The topological polar surface area (TPSA) is 25.8 Å². The first-order valence-corrected chi connectivity index (χ1v) is 9.41. The minimum absolute atomic E-state index is 0.929. The largest absolute Gasteiger partial charge is 0.256 e. The molecule has 4 rings (SSSR count). The molecule has 0 fully saturated rings. The predicted octanol–water partition coefficient (Wildman–Crippen LogP) is 6.59. The predicted molar refractivity (Wildman–Crippen MR) is 120 cm³/mol. The van der Waals surface area contributed by atoms with E-state index in [1.807, 2.05) is 24.5 Å². The van der Waals surface area contributed by atoms with E-state index in [2.05, 4.69) is 96.6 Å². The molecule has 2 nitrogen and oxygen atoms in total. The van der Waals surface area contributed by atoms with Gasteiger partial charge in [0.2, 0.25) is 0 Å². The fourth-order valence-corrected chi connectivity index (χ4v) is 2.97. The molecule has 0 N–H and O–H groups in total. The fraction of sp³-hybridized carbons (Fsp3) is 0.0769. The summed E-state index contributed by atoms with van der Waals surface area (Å²) in [5.74, 6) is 0. The number of nitrogens with zero attached hydrogens (tertiary/aromatic N) is 2. The van der Waals surface area contributed by atoms with Crippen LogP contribution in [0.2, 0.25) is 0 Å². The number of aromatic nitrogens is 2. The number of aryl methyl sites for hydroxylation is 2. The molecule has 0 saturated heterocycles. The molecule has 136 valence electrons. The summed E-state index contributed by atoms with van der Waals surface area (Å²) in [6.45, 7) is 4.19. The number of fused-ring (bicyclic) bond motifs is 1. The van der Waals surface area contributed by atoms with Crippen molar-refractivity contribution in [1.29, 1.82) is 0 Å². The summed E-state index contributed by atoms with van der Waals surface area (Å²) in [5, 5.41) is 2.18. The first-order chi connectivity index (χ1) is 13.7. The minimum atomic E-state index is 0.929. The van der Waals surface area contributed by atoms with Crippen LogP contribution in [0.25, 0.3) is 35.1 Å². The van der Waals surface area contributed by atoms with Crippen LogP contribution in [-0.4, -0.2) is 9.97 Å². The van der Waals surface area contributed by atoms with Crippen LogP contribution in [0.1, 0.15) is 33.6 Å². The molecule has 2 heterocycles. The Kier molecular flexibility index (Phi) is 5.11. The van der Waals surface area contributed by atoms with Gasteiger partial charge in [-0.25, -0.2) is 0 Å². The number of hydrogen-bond acceptors (Lipinski definition) is 2. The molecule has 0 bridgehead atoms. The van der Waals surface area contributed by atoms with Crippen molar-refractivity contribution >= 4 is 35.1 Å². The van der Waals surface area contributed by atoms with E-state index >= 15 is 0 Å². The smallest absolute Gasteiger partial charge is 0.0636 e. The third-order valence-electron chi connectivity index (χ3n) is 4.69. The van der Waals surface area contributed by atoms with E-state index in [1.165, 1.54) is 22.3 Å². The highest BCUT2D eigenvalue weighted by atomic mass is 14.7.